The summed E-state index contributed by atoms with van der Waals surface area (Å²) >= 11 is 0. The molecule has 28 heavy (non-hydrogen) atoms. The van der Waals surface area contributed by atoms with Crippen LogP contribution in [0.15, 0.2) is 18.2 Å². The number of morpholine rings is 1. The molecular formula is C20H28N4O4. The number of rotatable bonds is 7. The van der Waals surface area contributed by atoms with Gasteiger partial charge in [-0.2, -0.15) is 0 Å². The first-order chi connectivity index (χ1) is 13.5. The zero-order valence-corrected chi connectivity index (χ0v) is 16.5. The molecule has 4 amide bonds. The fraction of sp³-hybridized carbons (Fsp3) is 0.550. The Kier molecular flexibility index (Phi) is 6.64. The number of nitrogens with one attached hydrogen (secondary N) is 2. The maximum absolute atomic E-state index is 12.5. The molecule has 8 heteroatoms. The van der Waals surface area contributed by atoms with E-state index in [0.717, 1.165) is 39.3 Å². The van der Waals surface area contributed by atoms with Crippen molar-refractivity contribution in [3.8, 4) is 0 Å². The molecule has 1 fully saturated rings. The SMILES string of the molecule is CC(C)CN1C(=O)c2ccc(NC(=O)NCCCN3CCOCC3)cc2C1=O. The third-order valence-electron chi connectivity index (χ3n) is 4.82. The maximum Gasteiger partial charge on any atom is 0.319 e. The van der Waals surface area contributed by atoms with E-state index in [4.69, 9.17) is 4.74 Å². The summed E-state index contributed by atoms with van der Waals surface area (Å²) in [5.74, 6) is -0.376. The molecule has 2 aliphatic heterocycles. The van der Waals surface area contributed by atoms with Crippen molar-refractivity contribution in [1.82, 2.24) is 15.1 Å². The van der Waals surface area contributed by atoms with Crippen LogP contribution in [0, 0.1) is 5.92 Å². The quantitative estimate of drug-likeness (QED) is 0.549. The van der Waals surface area contributed by atoms with Gasteiger partial charge in [0, 0.05) is 31.9 Å². The van der Waals surface area contributed by atoms with Gasteiger partial charge in [0.15, 0.2) is 0 Å². The molecule has 0 spiro atoms. The molecule has 0 radical (unpaired) electrons. The number of hydrogen-bond donors (Lipinski definition) is 2. The number of imide groups is 1. The molecule has 0 atom stereocenters. The topological polar surface area (TPSA) is 91.0 Å². The summed E-state index contributed by atoms with van der Waals surface area (Å²) in [7, 11) is 0. The molecule has 8 nitrogen and oxygen atoms in total. The van der Waals surface area contributed by atoms with Crippen LogP contribution in [0.1, 0.15) is 41.0 Å². The fourth-order valence-electron chi connectivity index (χ4n) is 3.40. The number of amides is 4. The second-order valence-corrected chi connectivity index (χ2v) is 7.56. The minimum atomic E-state index is -0.322. The molecule has 152 valence electrons. The van der Waals surface area contributed by atoms with Crippen LogP contribution in [0.3, 0.4) is 0 Å². The minimum Gasteiger partial charge on any atom is -0.379 e. The van der Waals surface area contributed by atoms with Gasteiger partial charge in [-0.15, -0.1) is 0 Å². The molecule has 2 heterocycles. The summed E-state index contributed by atoms with van der Waals surface area (Å²) in [6.45, 7) is 9.19. The molecular weight excluding hydrogens is 360 g/mol. The molecule has 3 rings (SSSR count). The van der Waals surface area contributed by atoms with Gasteiger partial charge >= 0.3 is 6.03 Å². The first-order valence-corrected chi connectivity index (χ1v) is 9.81. The Hall–Kier alpha value is -2.45. The first-order valence-electron chi connectivity index (χ1n) is 9.81. The zero-order valence-electron chi connectivity index (χ0n) is 16.5. The van der Waals surface area contributed by atoms with E-state index in [-0.39, 0.29) is 23.8 Å². The number of fused-ring (bicyclic) bond motifs is 1. The predicted molar refractivity (Wildman–Crippen MR) is 106 cm³/mol. The lowest BCUT2D eigenvalue weighted by molar-refractivity contribution is 0.0375. The van der Waals surface area contributed by atoms with Gasteiger partial charge in [-0.1, -0.05) is 13.8 Å². The highest BCUT2D eigenvalue weighted by molar-refractivity contribution is 6.21. The molecule has 1 saturated heterocycles. The number of ether oxygens (including phenoxy) is 1. The van der Waals surface area contributed by atoms with Crippen molar-refractivity contribution < 1.29 is 19.1 Å². The highest BCUT2D eigenvalue weighted by atomic mass is 16.5. The van der Waals surface area contributed by atoms with Crippen LogP contribution >= 0.6 is 0 Å². The third kappa shape index (κ3) is 4.88. The van der Waals surface area contributed by atoms with Gasteiger partial charge in [-0.05, 0) is 37.1 Å². The number of benzene rings is 1. The van der Waals surface area contributed by atoms with E-state index in [1.165, 1.54) is 4.90 Å². The highest BCUT2D eigenvalue weighted by Gasteiger charge is 2.35. The highest BCUT2D eigenvalue weighted by Crippen LogP contribution is 2.26. The van der Waals surface area contributed by atoms with Crippen molar-refractivity contribution in [1.29, 1.82) is 0 Å². The van der Waals surface area contributed by atoms with Crippen LogP contribution in [-0.4, -0.2) is 73.6 Å². The summed E-state index contributed by atoms with van der Waals surface area (Å²) in [5.41, 5.74) is 1.23. The Labute approximate surface area is 165 Å². The van der Waals surface area contributed by atoms with Crippen molar-refractivity contribution in [3.63, 3.8) is 0 Å². The van der Waals surface area contributed by atoms with Gasteiger partial charge in [0.2, 0.25) is 0 Å². The second kappa shape index (κ2) is 9.16. The van der Waals surface area contributed by atoms with Crippen LogP contribution in [0.2, 0.25) is 0 Å². The van der Waals surface area contributed by atoms with E-state index in [2.05, 4.69) is 15.5 Å². The monoisotopic (exact) mass is 388 g/mol. The number of carbonyl (C=O) groups excluding carboxylic acids is 3. The normalized spacial score (nSPS) is 17.2. The van der Waals surface area contributed by atoms with Gasteiger partial charge in [0.05, 0.1) is 24.3 Å². The van der Waals surface area contributed by atoms with Crippen molar-refractivity contribution in [3.05, 3.63) is 29.3 Å². The Morgan fingerprint density at radius 1 is 1.14 bits per heavy atom. The summed E-state index contributed by atoms with van der Waals surface area (Å²) in [6.07, 6.45) is 0.856. The van der Waals surface area contributed by atoms with Gasteiger partial charge in [0.1, 0.15) is 0 Å². The lowest BCUT2D eigenvalue weighted by Crippen LogP contribution is -2.38. The number of carbonyl (C=O) groups is 3. The van der Waals surface area contributed by atoms with E-state index in [0.29, 0.717) is 29.9 Å². The summed E-state index contributed by atoms with van der Waals surface area (Å²) < 4.78 is 5.31. The smallest absolute Gasteiger partial charge is 0.319 e. The van der Waals surface area contributed by atoms with Crippen molar-refractivity contribution in [2.45, 2.75) is 20.3 Å². The molecule has 0 saturated carbocycles. The summed E-state index contributed by atoms with van der Waals surface area (Å²) in [4.78, 5) is 40.6. The van der Waals surface area contributed by atoms with E-state index >= 15 is 0 Å². The van der Waals surface area contributed by atoms with Crippen LogP contribution in [0.25, 0.3) is 0 Å². The standard InChI is InChI=1S/C20H28N4O4/c1-14(2)13-24-18(25)16-5-4-15(12-17(16)19(24)26)22-20(27)21-6-3-7-23-8-10-28-11-9-23/h4-5,12,14H,3,6-11,13H2,1-2H3,(H2,21,22,27). The van der Waals surface area contributed by atoms with E-state index in [9.17, 15) is 14.4 Å². The fourth-order valence-corrected chi connectivity index (χ4v) is 3.40. The van der Waals surface area contributed by atoms with E-state index in [1.807, 2.05) is 13.8 Å². The molecule has 0 aliphatic carbocycles. The van der Waals surface area contributed by atoms with Crippen LogP contribution < -0.4 is 10.6 Å². The Morgan fingerprint density at radius 2 is 1.86 bits per heavy atom. The molecule has 2 aliphatic rings. The van der Waals surface area contributed by atoms with Crippen molar-refractivity contribution in [2.24, 2.45) is 5.92 Å². The molecule has 1 aromatic carbocycles. The lowest BCUT2D eigenvalue weighted by atomic mass is 10.1. The number of nitrogens with zero attached hydrogens (tertiary/aromatic N) is 2. The molecule has 2 N–H and O–H groups in total. The van der Waals surface area contributed by atoms with Crippen molar-refractivity contribution in [2.75, 3.05) is 51.3 Å². The van der Waals surface area contributed by atoms with E-state index in [1.54, 1.807) is 18.2 Å². The summed E-state index contributed by atoms with van der Waals surface area (Å²) in [5, 5.41) is 5.56. The number of hydrogen-bond acceptors (Lipinski definition) is 5. The van der Waals surface area contributed by atoms with Gasteiger partial charge in [0.25, 0.3) is 11.8 Å². The third-order valence-corrected chi connectivity index (χ3v) is 4.82. The minimum absolute atomic E-state index is 0.197. The lowest BCUT2D eigenvalue weighted by Gasteiger charge is -2.26. The van der Waals surface area contributed by atoms with Crippen LogP contribution in [0.4, 0.5) is 10.5 Å². The van der Waals surface area contributed by atoms with Gasteiger partial charge in [-0.25, -0.2) is 4.79 Å². The van der Waals surface area contributed by atoms with Crippen LogP contribution in [-0.2, 0) is 4.74 Å². The van der Waals surface area contributed by atoms with Gasteiger partial charge in [-0.3, -0.25) is 19.4 Å². The van der Waals surface area contributed by atoms with Gasteiger partial charge < -0.3 is 15.4 Å². The number of anilines is 1. The Bertz CT molecular complexity index is 744. The average Bonchev–Trinajstić information content (AvgIpc) is 2.90. The molecule has 0 unspecified atom stereocenters. The first kappa shape index (κ1) is 20.3. The zero-order chi connectivity index (χ0) is 20.1. The largest absolute Gasteiger partial charge is 0.379 e. The second-order valence-electron chi connectivity index (χ2n) is 7.56. The van der Waals surface area contributed by atoms with Crippen LogP contribution in [0.5, 0.6) is 0 Å². The predicted octanol–water partition coefficient (Wildman–Crippen LogP) is 1.78. The van der Waals surface area contributed by atoms with E-state index < -0.39 is 0 Å². The average molecular weight is 388 g/mol. The number of urea groups is 1. The Morgan fingerprint density at radius 3 is 2.57 bits per heavy atom. The summed E-state index contributed by atoms with van der Waals surface area (Å²) in [6, 6.07) is 4.50. The van der Waals surface area contributed by atoms with Crippen molar-refractivity contribution >= 4 is 23.5 Å². The molecule has 0 bridgehead atoms. The maximum atomic E-state index is 12.5. The molecule has 0 aromatic heterocycles. The molecule has 1 aromatic rings. The Balaban J connectivity index is 1.49.